The van der Waals surface area contributed by atoms with E-state index in [1.54, 1.807) is 18.7 Å². The van der Waals surface area contributed by atoms with Crippen molar-refractivity contribution in [2.75, 3.05) is 7.11 Å². The topological polar surface area (TPSA) is 58.6 Å². The van der Waals surface area contributed by atoms with Crippen molar-refractivity contribution in [3.8, 4) is 0 Å². The number of carbonyl (C=O) groups excluding carboxylic acids is 1. The van der Waals surface area contributed by atoms with Crippen molar-refractivity contribution in [1.29, 1.82) is 0 Å². The highest BCUT2D eigenvalue weighted by Crippen LogP contribution is 2.31. The fraction of sp³-hybridized carbons (Fsp3) is 0.688. The number of ether oxygens (including phenoxy) is 1. The van der Waals surface area contributed by atoms with Crippen LogP contribution in [0.3, 0.4) is 0 Å². The number of amides is 1. The van der Waals surface area contributed by atoms with Crippen molar-refractivity contribution in [3.05, 3.63) is 23.8 Å². The van der Waals surface area contributed by atoms with Crippen LogP contribution in [0.25, 0.3) is 0 Å². The molecule has 2 unspecified atom stereocenters. The number of hydrogen-bond donors (Lipinski definition) is 2. The van der Waals surface area contributed by atoms with Gasteiger partial charge in [-0.3, -0.25) is 10.0 Å². The molecule has 0 heterocycles. The van der Waals surface area contributed by atoms with Crippen molar-refractivity contribution >= 4 is 5.91 Å². The Bertz CT molecular complexity index is 357. The van der Waals surface area contributed by atoms with Crippen molar-refractivity contribution < 1.29 is 14.7 Å². The summed E-state index contributed by atoms with van der Waals surface area (Å²) in [4.78, 5) is 10.9. The number of nitrogens with one attached hydrogen (secondary N) is 1. The molecule has 4 heteroatoms. The Hall–Kier alpha value is -1.13. The fourth-order valence-corrected chi connectivity index (χ4v) is 3.11. The van der Waals surface area contributed by atoms with Gasteiger partial charge in [0.1, 0.15) is 0 Å². The van der Waals surface area contributed by atoms with E-state index >= 15 is 0 Å². The van der Waals surface area contributed by atoms with E-state index < -0.39 is 5.91 Å². The smallest absolute Gasteiger partial charge is 0.267 e. The number of hydroxylamine groups is 1. The molecule has 1 rings (SSSR count). The van der Waals surface area contributed by atoms with Crippen LogP contribution < -0.4 is 5.48 Å². The molecular weight excluding hydrogens is 254 g/mol. The first-order chi connectivity index (χ1) is 9.58. The standard InChI is InChI=1S/C16H27NO3/c1-12(9-10-15(18)17-19)11-13(2)16(20-3)14-7-5-4-6-8-14/h9-11,13-14,16,19H,4-8H2,1-3H3,(H,17,18). The van der Waals surface area contributed by atoms with E-state index in [9.17, 15) is 4.79 Å². The van der Waals surface area contributed by atoms with Crippen molar-refractivity contribution in [2.45, 2.75) is 52.1 Å². The molecule has 1 fully saturated rings. The first-order valence-electron chi connectivity index (χ1n) is 7.41. The predicted molar refractivity (Wildman–Crippen MR) is 79.4 cm³/mol. The highest BCUT2D eigenvalue weighted by Gasteiger charge is 2.26. The molecular formula is C16H27NO3. The van der Waals surface area contributed by atoms with Crippen LogP contribution in [0.4, 0.5) is 0 Å². The predicted octanol–water partition coefficient (Wildman–Crippen LogP) is 3.23. The van der Waals surface area contributed by atoms with Gasteiger partial charge in [-0.2, -0.15) is 0 Å². The van der Waals surface area contributed by atoms with Crippen LogP contribution in [0.1, 0.15) is 46.0 Å². The lowest BCUT2D eigenvalue weighted by Gasteiger charge is -2.32. The Morgan fingerprint density at radius 3 is 2.50 bits per heavy atom. The Balaban J connectivity index is 2.62. The second-order valence-electron chi connectivity index (χ2n) is 5.68. The molecule has 2 N–H and O–H groups in total. The number of hydrogen-bond acceptors (Lipinski definition) is 3. The molecule has 2 atom stereocenters. The maximum atomic E-state index is 10.9. The SMILES string of the molecule is COC(C(C)C=C(C)C=CC(=O)NO)C1CCCCC1. The minimum atomic E-state index is -0.513. The number of rotatable bonds is 6. The summed E-state index contributed by atoms with van der Waals surface area (Å²) in [6, 6.07) is 0. The lowest BCUT2D eigenvalue weighted by molar-refractivity contribution is -0.124. The maximum Gasteiger partial charge on any atom is 0.267 e. The average Bonchev–Trinajstić information content (AvgIpc) is 2.46. The molecule has 0 aliphatic heterocycles. The Kier molecular flexibility index (Phi) is 7.55. The van der Waals surface area contributed by atoms with Gasteiger partial charge in [0, 0.05) is 19.1 Å². The van der Waals surface area contributed by atoms with E-state index in [0.717, 1.165) is 5.57 Å². The van der Waals surface area contributed by atoms with Crippen LogP contribution in [0.5, 0.6) is 0 Å². The molecule has 1 aliphatic rings. The Morgan fingerprint density at radius 1 is 1.30 bits per heavy atom. The molecule has 0 radical (unpaired) electrons. The summed E-state index contributed by atoms with van der Waals surface area (Å²) in [5.41, 5.74) is 2.58. The Morgan fingerprint density at radius 2 is 1.95 bits per heavy atom. The van der Waals surface area contributed by atoms with Crippen molar-refractivity contribution in [2.24, 2.45) is 11.8 Å². The monoisotopic (exact) mass is 281 g/mol. The van der Waals surface area contributed by atoms with Crippen molar-refractivity contribution in [3.63, 3.8) is 0 Å². The van der Waals surface area contributed by atoms with E-state index in [4.69, 9.17) is 9.94 Å². The summed E-state index contributed by atoms with van der Waals surface area (Å²) >= 11 is 0. The summed E-state index contributed by atoms with van der Waals surface area (Å²) in [6.07, 6.45) is 11.8. The molecule has 0 bridgehead atoms. The maximum absolute atomic E-state index is 10.9. The van der Waals surface area contributed by atoms with Crippen molar-refractivity contribution in [1.82, 2.24) is 5.48 Å². The third-order valence-electron chi connectivity index (χ3n) is 4.04. The third-order valence-corrected chi connectivity index (χ3v) is 4.04. The highest BCUT2D eigenvalue weighted by molar-refractivity contribution is 5.86. The first kappa shape index (κ1) is 16.9. The van der Waals surface area contributed by atoms with Gasteiger partial charge < -0.3 is 4.74 Å². The molecule has 20 heavy (non-hydrogen) atoms. The van der Waals surface area contributed by atoms with Crippen LogP contribution in [0.15, 0.2) is 23.8 Å². The molecule has 1 saturated carbocycles. The zero-order valence-electron chi connectivity index (χ0n) is 12.8. The van der Waals surface area contributed by atoms with Crippen LogP contribution in [-0.2, 0) is 9.53 Å². The van der Waals surface area contributed by atoms with Crippen LogP contribution in [0.2, 0.25) is 0 Å². The fourth-order valence-electron chi connectivity index (χ4n) is 3.11. The second-order valence-corrected chi connectivity index (χ2v) is 5.68. The number of allylic oxidation sites excluding steroid dienone is 2. The van der Waals surface area contributed by atoms with Gasteiger partial charge >= 0.3 is 0 Å². The molecule has 0 saturated heterocycles. The first-order valence-corrected chi connectivity index (χ1v) is 7.41. The van der Waals surface area contributed by atoms with Gasteiger partial charge in [0.05, 0.1) is 6.10 Å². The minimum Gasteiger partial charge on any atom is -0.381 e. The summed E-state index contributed by atoms with van der Waals surface area (Å²) in [6.45, 7) is 4.11. The minimum absolute atomic E-state index is 0.241. The Labute approximate surface area is 121 Å². The summed E-state index contributed by atoms with van der Waals surface area (Å²) in [5.74, 6) is 0.434. The summed E-state index contributed by atoms with van der Waals surface area (Å²) in [7, 11) is 1.79. The molecule has 0 aromatic heterocycles. The molecule has 1 amide bonds. The number of methoxy groups -OCH3 is 1. The van der Waals surface area contributed by atoms with E-state index in [1.807, 2.05) is 6.92 Å². The molecule has 114 valence electrons. The lowest BCUT2D eigenvalue weighted by atomic mass is 9.80. The van der Waals surface area contributed by atoms with Crippen LogP contribution in [-0.4, -0.2) is 24.3 Å². The van der Waals surface area contributed by atoms with E-state index in [-0.39, 0.29) is 6.10 Å². The summed E-state index contributed by atoms with van der Waals surface area (Å²) < 4.78 is 5.71. The number of carbonyl (C=O) groups is 1. The second kappa shape index (κ2) is 8.93. The van der Waals surface area contributed by atoms with E-state index in [0.29, 0.717) is 11.8 Å². The zero-order valence-corrected chi connectivity index (χ0v) is 12.8. The van der Waals surface area contributed by atoms with E-state index in [2.05, 4.69) is 13.0 Å². The molecule has 0 aromatic carbocycles. The van der Waals surface area contributed by atoms with Gasteiger partial charge in [-0.05, 0) is 25.7 Å². The molecule has 1 aliphatic carbocycles. The van der Waals surface area contributed by atoms with Crippen LogP contribution in [0, 0.1) is 11.8 Å². The molecule has 0 aromatic rings. The van der Waals surface area contributed by atoms with Gasteiger partial charge in [0.25, 0.3) is 5.91 Å². The quantitative estimate of drug-likeness (QED) is 0.340. The third kappa shape index (κ3) is 5.47. The van der Waals surface area contributed by atoms with Gasteiger partial charge in [-0.15, -0.1) is 0 Å². The lowest BCUT2D eigenvalue weighted by Crippen LogP contribution is -2.30. The van der Waals surface area contributed by atoms with Crippen LogP contribution >= 0.6 is 0 Å². The zero-order chi connectivity index (χ0) is 15.0. The highest BCUT2D eigenvalue weighted by atomic mass is 16.5. The summed E-state index contributed by atoms with van der Waals surface area (Å²) in [5, 5.41) is 8.44. The molecule has 0 spiro atoms. The van der Waals surface area contributed by atoms with Gasteiger partial charge in [-0.1, -0.05) is 43.9 Å². The molecule has 4 nitrogen and oxygen atoms in total. The average molecular weight is 281 g/mol. The normalized spacial score (nSPS) is 20.9. The largest absolute Gasteiger partial charge is 0.381 e. The van der Waals surface area contributed by atoms with Gasteiger partial charge in [0.2, 0.25) is 0 Å². The van der Waals surface area contributed by atoms with Gasteiger partial charge in [-0.25, -0.2) is 5.48 Å². The van der Waals surface area contributed by atoms with E-state index in [1.165, 1.54) is 38.2 Å². The van der Waals surface area contributed by atoms with Gasteiger partial charge in [0.15, 0.2) is 0 Å².